The monoisotopic (exact) mass is 620 g/mol. The number of piperazine rings is 1. The van der Waals surface area contributed by atoms with E-state index >= 15 is 0 Å². The first kappa shape index (κ1) is 33.9. The van der Waals surface area contributed by atoms with E-state index in [0.29, 0.717) is 29.6 Å². The summed E-state index contributed by atoms with van der Waals surface area (Å²) in [6, 6.07) is 17.7. The lowest BCUT2D eigenvalue weighted by Gasteiger charge is -2.36. The minimum Gasteiger partial charge on any atom is -0.493 e. The Morgan fingerprint density at radius 2 is 1.48 bits per heavy atom. The van der Waals surface area contributed by atoms with Gasteiger partial charge in [-0.25, -0.2) is 0 Å². The predicted molar refractivity (Wildman–Crippen MR) is 182 cm³/mol. The molecular formula is C37H52N2O4S. The third kappa shape index (κ3) is 9.24. The van der Waals surface area contributed by atoms with Gasteiger partial charge >= 0.3 is 0 Å². The molecule has 1 saturated heterocycles. The second-order valence-corrected chi connectivity index (χ2v) is 14.4. The van der Waals surface area contributed by atoms with Crippen molar-refractivity contribution in [3.8, 4) is 17.2 Å². The molecule has 2 aromatic carbocycles. The van der Waals surface area contributed by atoms with Crippen LogP contribution in [0.4, 0.5) is 0 Å². The van der Waals surface area contributed by atoms with Crippen LogP contribution in [0.15, 0.2) is 48.5 Å². The second kappa shape index (κ2) is 15.8. The van der Waals surface area contributed by atoms with E-state index in [9.17, 15) is 4.79 Å². The fourth-order valence-electron chi connectivity index (χ4n) is 5.98. The Balaban J connectivity index is 1.19. The van der Waals surface area contributed by atoms with Gasteiger partial charge in [0.05, 0.1) is 21.3 Å². The van der Waals surface area contributed by atoms with Gasteiger partial charge in [-0.15, -0.1) is 11.3 Å². The summed E-state index contributed by atoms with van der Waals surface area (Å²) in [5.74, 6) is 2.83. The largest absolute Gasteiger partial charge is 0.493 e. The first-order valence-electron chi connectivity index (χ1n) is 16.1. The van der Waals surface area contributed by atoms with Crippen molar-refractivity contribution in [3.05, 3.63) is 75.0 Å². The number of ether oxygens (including phenoxy) is 3. The summed E-state index contributed by atoms with van der Waals surface area (Å²) >= 11 is 1.95. The van der Waals surface area contributed by atoms with Gasteiger partial charge in [-0.2, -0.15) is 0 Å². The van der Waals surface area contributed by atoms with E-state index in [-0.39, 0.29) is 11.3 Å². The summed E-state index contributed by atoms with van der Waals surface area (Å²) in [6.45, 7) is 12.9. The van der Waals surface area contributed by atoms with Crippen molar-refractivity contribution in [3.63, 3.8) is 0 Å². The molecule has 1 amide bonds. The maximum absolute atomic E-state index is 13.3. The maximum Gasteiger partial charge on any atom is 0.223 e. The Kier molecular flexibility index (Phi) is 12.2. The van der Waals surface area contributed by atoms with Crippen molar-refractivity contribution >= 4 is 17.2 Å². The van der Waals surface area contributed by atoms with E-state index in [1.807, 2.05) is 28.4 Å². The highest BCUT2D eigenvalue weighted by atomic mass is 32.1. The molecule has 0 spiro atoms. The molecule has 0 unspecified atom stereocenters. The highest BCUT2D eigenvalue weighted by molar-refractivity contribution is 7.11. The Hall–Kier alpha value is -3.03. The summed E-state index contributed by atoms with van der Waals surface area (Å²) in [7, 11) is 4.91. The van der Waals surface area contributed by atoms with E-state index in [1.165, 1.54) is 27.3 Å². The fraction of sp³-hybridized carbons (Fsp3) is 0.541. The lowest BCUT2D eigenvalue weighted by atomic mass is 9.83. The van der Waals surface area contributed by atoms with Gasteiger partial charge in [0.25, 0.3) is 0 Å². The molecule has 1 fully saturated rings. The smallest absolute Gasteiger partial charge is 0.223 e. The van der Waals surface area contributed by atoms with E-state index in [0.717, 1.165) is 64.0 Å². The predicted octanol–water partition coefficient (Wildman–Crippen LogP) is 7.77. The van der Waals surface area contributed by atoms with Gasteiger partial charge in [0.15, 0.2) is 11.5 Å². The van der Waals surface area contributed by atoms with Crippen LogP contribution in [-0.4, -0.2) is 63.2 Å². The van der Waals surface area contributed by atoms with Gasteiger partial charge < -0.3 is 19.1 Å². The van der Waals surface area contributed by atoms with Crippen molar-refractivity contribution in [2.45, 2.75) is 78.7 Å². The number of hydrogen-bond donors (Lipinski definition) is 0. The zero-order chi connectivity index (χ0) is 31.7. The van der Waals surface area contributed by atoms with Crippen LogP contribution in [0.2, 0.25) is 0 Å². The van der Waals surface area contributed by atoms with E-state index in [2.05, 4.69) is 69.0 Å². The van der Waals surface area contributed by atoms with E-state index in [4.69, 9.17) is 14.2 Å². The number of rotatable bonds is 15. The minimum absolute atomic E-state index is 0.0342. The summed E-state index contributed by atoms with van der Waals surface area (Å²) < 4.78 is 16.6. The number of amides is 1. The van der Waals surface area contributed by atoms with Crippen LogP contribution in [-0.2, 0) is 30.6 Å². The molecule has 7 heteroatoms. The Bertz CT molecular complexity index is 1340. The van der Waals surface area contributed by atoms with Crippen LogP contribution in [0.25, 0.3) is 0 Å². The van der Waals surface area contributed by atoms with Gasteiger partial charge in [0, 0.05) is 54.5 Å². The van der Waals surface area contributed by atoms with Crippen LogP contribution in [0, 0.1) is 5.41 Å². The molecule has 0 bridgehead atoms. The van der Waals surface area contributed by atoms with Crippen LogP contribution >= 0.6 is 11.3 Å². The lowest BCUT2D eigenvalue weighted by molar-refractivity contribution is -0.135. The average molecular weight is 621 g/mol. The van der Waals surface area contributed by atoms with Crippen LogP contribution < -0.4 is 14.2 Å². The minimum atomic E-state index is -0.0342. The number of benzene rings is 2. The lowest BCUT2D eigenvalue weighted by Crippen LogP contribution is -2.49. The van der Waals surface area contributed by atoms with Crippen molar-refractivity contribution in [2.75, 3.05) is 47.5 Å². The number of methoxy groups -OCH3 is 3. The normalized spacial score (nSPS) is 14.2. The molecule has 3 aromatic rings. The van der Waals surface area contributed by atoms with Crippen molar-refractivity contribution in [1.29, 1.82) is 0 Å². The third-order valence-electron chi connectivity index (χ3n) is 8.83. The quantitative estimate of drug-likeness (QED) is 0.174. The molecule has 1 aromatic heterocycles. The molecule has 0 aliphatic carbocycles. The molecule has 1 aliphatic rings. The van der Waals surface area contributed by atoms with Gasteiger partial charge in [-0.05, 0) is 72.8 Å². The van der Waals surface area contributed by atoms with Gasteiger partial charge in [-0.3, -0.25) is 9.69 Å². The standard InChI is InChI=1S/C37H52N2O4S/c1-27(2)29-13-11-28(12-14-29)9-8-10-31-16-17-32(44-31)19-20-37(3,4)25-34(40)39-23-21-38(22-24-39)26-30-15-18-33(41-5)36(43-7)35(30)42-6/h11-18,27H,8-10,19-26H2,1-7H3. The second-order valence-electron chi connectivity index (χ2n) is 13.1. The molecule has 0 saturated carbocycles. The number of carbonyl (C=O) groups excluding carboxylic acids is 1. The number of carbonyl (C=O) groups is 1. The highest BCUT2D eigenvalue weighted by Crippen LogP contribution is 2.40. The highest BCUT2D eigenvalue weighted by Gasteiger charge is 2.28. The summed E-state index contributed by atoms with van der Waals surface area (Å²) in [5, 5.41) is 0. The van der Waals surface area contributed by atoms with Gasteiger partial charge in [0.2, 0.25) is 11.7 Å². The molecule has 44 heavy (non-hydrogen) atoms. The summed E-state index contributed by atoms with van der Waals surface area (Å²) in [5.41, 5.74) is 3.86. The van der Waals surface area contributed by atoms with Crippen LogP contribution in [0.1, 0.15) is 79.3 Å². The van der Waals surface area contributed by atoms with Crippen LogP contribution in [0.3, 0.4) is 0 Å². The number of nitrogens with zero attached hydrogens (tertiary/aromatic N) is 2. The molecule has 0 N–H and O–H groups in total. The van der Waals surface area contributed by atoms with Gasteiger partial charge in [0.1, 0.15) is 0 Å². The zero-order valence-electron chi connectivity index (χ0n) is 27.9. The summed E-state index contributed by atoms with van der Waals surface area (Å²) in [4.78, 5) is 20.6. The third-order valence-corrected chi connectivity index (χ3v) is 10.0. The number of aryl methyl sites for hydroxylation is 3. The topological polar surface area (TPSA) is 51.2 Å². The average Bonchev–Trinajstić information content (AvgIpc) is 3.48. The van der Waals surface area contributed by atoms with Crippen LogP contribution in [0.5, 0.6) is 17.2 Å². The first-order valence-corrected chi connectivity index (χ1v) is 16.9. The maximum atomic E-state index is 13.3. The molecule has 240 valence electrons. The van der Waals surface area contributed by atoms with E-state index < -0.39 is 0 Å². The Labute approximate surface area is 269 Å². The first-order chi connectivity index (χ1) is 21.1. The molecule has 0 atom stereocenters. The zero-order valence-corrected chi connectivity index (χ0v) is 28.7. The Morgan fingerprint density at radius 3 is 2.09 bits per heavy atom. The Morgan fingerprint density at radius 1 is 0.818 bits per heavy atom. The summed E-state index contributed by atoms with van der Waals surface area (Å²) in [6.07, 6.45) is 6.06. The van der Waals surface area contributed by atoms with Gasteiger partial charge in [-0.1, -0.05) is 58.0 Å². The van der Waals surface area contributed by atoms with Crippen molar-refractivity contribution in [1.82, 2.24) is 9.80 Å². The molecule has 4 rings (SSSR count). The number of hydrogen-bond acceptors (Lipinski definition) is 6. The molecule has 0 radical (unpaired) electrons. The van der Waals surface area contributed by atoms with E-state index in [1.54, 1.807) is 21.3 Å². The fourth-order valence-corrected chi connectivity index (χ4v) is 7.04. The SMILES string of the molecule is COc1ccc(CN2CCN(C(=O)CC(C)(C)CCc3ccc(CCCc4ccc(C(C)C)cc4)s3)CC2)c(OC)c1OC. The molecular weight excluding hydrogens is 568 g/mol. The molecule has 1 aliphatic heterocycles. The molecule has 6 nitrogen and oxygen atoms in total. The van der Waals surface area contributed by atoms with Crippen molar-refractivity contribution < 1.29 is 19.0 Å². The number of thiophene rings is 1. The van der Waals surface area contributed by atoms with Crippen molar-refractivity contribution in [2.24, 2.45) is 5.41 Å². The molecule has 2 heterocycles.